The summed E-state index contributed by atoms with van der Waals surface area (Å²) in [5, 5.41) is 12.8. The summed E-state index contributed by atoms with van der Waals surface area (Å²) in [5.41, 5.74) is 0.0282. The first-order valence-corrected chi connectivity index (χ1v) is 11.9. The van der Waals surface area contributed by atoms with Crippen molar-refractivity contribution in [3.63, 3.8) is 0 Å². The molecular weight excluding hydrogens is 498 g/mol. The summed E-state index contributed by atoms with van der Waals surface area (Å²) in [5.74, 6) is -0.694. The molecule has 37 heavy (non-hydrogen) atoms. The van der Waals surface area contributed by atoms with E-state index in [2.05, 4.69) is 15.3 Å². The van der Waals surface area contributed by atoms with E-state index in [-0.39, 0.29) is 25.0 Å². The molecule has 0 radical (unpaired) electrons. The monoisotopic (exact) mass is 519 g/mol. The quantitative estimate of drug-likeness (QED) is 0.342. The Bertz CT molecular complexity index is 1540. The fraction of sp³-hybridized carbons (Fsp3) is 0.192. The Hall–Kier alpha value is -4.44. The first-order chi connectivity index (χ1) is 17.9. The number of benzene rings is 2. The number of ether oxygens (including phenoxy) is 1. The number of aromatic nitrogens is 4. The average Bonchev–Trinajstić information content (AvgIpc) is 3.67. The van der Waals surface area contributed by atoms with Gasteiger partial charge in [-0.05, 0) is 60.4 Å². The number of anilines is 2. The largest absolute Gasteiger partial charge is 0.481 e. The van der Waals surface area contributed by atoms with Gasteiger partial charge in [-0.1, -0.05) is 29.8 Å². The number of rotatable bonds is 9. The van der Waals surface area contributed by atoms with Crippen molar-refractivity contribution in [2.24, 2.45) is 11.8 Å². The number of carboxylic acid groups (broad SMARTS) is 1. The van der Waals surface area contributed by atoms with Crippen LogP contribution in [0.25, 0.3) is 0 Å². The summed E-state index contributed by atoms with van der Waals surface area (Å²) in [7, 11) is 0. The number of nitrogens with zero attached hydrogens (tertiary/aromatic N) is 4. The zero-order chi connectivity index (χ0) is 25.9. The second-order valence-electron chi connectivity index (χ2n) is 8.68. The molecule has 10 nitrogen and oxygen atoms in total. The van der Waals surface area contributed by atoms with Crippen LogP contribution in [-0.4, -0.2) is 30.2 Å². The molecule has 11 heteroatoms. The van der Waals surface area contributed by atoms with Crippen LogP contribution in [0.15, 0.2) is 82.5 Å². The van der Waals surface area contributed by atoms with Crippen molar-refractivity contribution in [1.29, 1.82) is 0 Å². The summed E-state index contributed by atoms with van der Waals surface area (Å²) in [4.78, 5) is 45.7. The van der Waals surface area contributed by atoms with E-state index in [4.69, 9.17) is 16.3 Å². The molecule has 188 valence electrons. The molecule has 2 aromatic carbocycles. The minimum atomic E-state index is -0.929. The maximum Gasteiger partial charge on any atom is 0.354 e. The number of hydrogen-bond donors (Lipinski definition) is 2. The molecule has 0 amide bonds. The van der Waals surface area contributed by atoms with Gasteiger partial charge in [-0.15, -0.1) is 0 Å². The molecule has 0 spiro atoms. The van der Waals surface area contributed by atoms with Crippen LogP contribution in [0.2, 0.25) is 5.02 Å². The second-order valence-corrected chi connectivity index (χ2v) is 9.12. The Morgan fingerprint density at radius 3 is 2.46 bits per heavy atom. The van der Waals surface area contributed by atoms with Crippen molar-refractivity contribution in [3.8, 4) is 11.6 Å². The van der Waals surface area contributed by atoms with Crippen LogP contribution in [0.5, 0.6) is 11.6 Å². The number of carbonyl (C=O) groups is 1. The smallest absolute Gasteiger partial charge is 0.354 e. The van der Waals surface area contributed by atoms with Crippen LogP contribution in [0.1, 0.15) is 12.0 Å². The van der Waals surface area contributed by atoms with E-state index in [0.29, 0.717) is 28.8 Å². The van der Waals surface area contributed by atoms with E-state index in [9.17, 15) is 19.5 Å². The molecule has 2 N–H and O–H groups in total. The van der Waals surface area contributed by atoms with Gasteiger partial charge in [0.05, 0.1) is 12.5 Å². The lowest BCUT2D eigenvalue weighted by molar-refractivity contribution is -0.138. The number of halogens is 1. The van der Waals surface area contributed by atoms with E-state index in [1.54, 1.807) is 66.9 Å². The minimum Gasteiger partial charge on any atom is -0.481 e. The molecule has 2 aromatic heterocycles. The third kappa shape index (κ3) is 5.70. The predicted molar refractivity (Wildman–Crippen MR) is 137 cm³/mol. The molecule has 2 heterocycles. The van der Waals surface area contributed by atoms with Gasteiger partial charge in [0, 0.05) is 29.5 Å². The third-order valence-electron chi connectivity index (χ3n) is 6.03. The number of aliphatic carboxylic acids is 1. The molecule has 0 aliphatic heterocycles. The molecular formula is C26H22ClN5O5. The minimum absolute atomic E-state index is 0.00207. The van der Waals surface area contributed by atoms with Gasteiger partial charge >= 0.3 is 17.3 Å². The van der Waals surface area contributed by atoms with Crippen LogP contribution in [0, 0.1) is 11.8 Å². The standard InChI is InChI=1S/C26H22ClN5O5/c27-18-6-4-16(5-7-18)14-31-24(30-25(35)32(26(31)36)15-17-13-21(17)23(33)34)29-19-8-10-20(11-9-19)37-22-3-1-2-12-28-22/h1-12,17,21H,13-15H2,(H,33,34)(H,29,30,35)/t17-,21+/m0/s1. The first-order valence-electron chi connectivity index (χ1n) is 11.5. The lowest BCUT2D eigenvalue weighted by Gasteiger charge is -2.16. The Morgan fingerprint density at radius 1 is 1.05 bits per heavy atom. The molecule has 1 aliphatic carbocycles. The normalized spacial score (nSPS) is 16.2. The van der Waals surface area contributed by atoms with Gasteiger partial charge in [0.15, 0.2) is 0 Å². The Balaban J connectivity index is 1.44. The van der Waals surface area contributed by atoms with Gasteiger partial charge < -0.3 is 15.2 Å². The van der Waals surface area contributed by atoms with Gasteiger partial charge in [-0.25, -0.2) is 19.1 Å². The van der Waals surface area contributed by atoms with Gasteiger partial charge in [-0.3, -0.25) is 9.36 Å². The van der Waals surface area contributed by atoms with Gasteiger partial charge in [0.1, 0.15) is 5.75 Å². The average molecular weight is 520 g/mol. The molecule has 0 bridgehead atoms. The zero-order valence-corrected chi connectivity index (χ0v) is 20.2. The van der Waals surface area contributed by atoms with Crippen LogP contribution in [0.4, 0.5) is 11.6 Å². The van der Waals surface area contributed by atoms with Crippen molar-refractivity contribution < 1.29 is 14.6 Å². The maximum atomic E-state index is 13.4. The van der Waals surface area contributed by atoms with Crippen LogP contribution >= 0.6 is 11.6 Å². The molecule has 1 saturated carbocycles. The highest BCUT2D eigenvalue weighted by molar-refractivity contribution is 6.30. The summed E-state index contributed by atoms with van der Waals surface area (Å²) in [6.07, 6.45) is 2.05. The molecule has 1 aliphatic rings. The zero-order valence-electron chi connectivity index (χ0n) is 19.5. The third-order valence-corrected chi connectivity index (χ3v) is 6.28. The summed E-state index contributed by atoms with van der Waals surface area (Å²) >= 11 is 6.00. The van der Waals surface area contributed by atoms with E-state index in [1.807, 2.05) is 6.07 Å². The van der Waals surface area contributed by atoms with Crippen molar-refractivity contribution in [2.75, 3.05) is 5.32 Å². The van der Waals surface area contributed by atoms with E-state index < -0.39 is 23.3 Å². The van der Waals surface area contributed by atoms with E-state index in [1.165, 1.54) is 4.57 Å². The number of carboxylic acids is 1. The van der Waals surface area contributed by atoms with Gasteiger partial charge in [-0.2, -0.15) is 4.98 Å². The highest BCUT2D eigenvalue weighted by Gasteiger charge is 2.43. The Labute approximate surface area is 215 Å². The maximum absolute atomic E-state index is 13.4. The molecule has 2 atom stereocenters. The summed E-state index contributed by atoms with van der Waals surface area (Å²) in [6.45, 7) is 0.127. The molecule has 0 unspecified atom stereocenters. The van der Waals surface area contributed by atoms with Crippen LogP contribution in [0.3, 0.4) is 0 Å². The molecule has 4 aromatic rings. The van der Waals surface area contributed by atoms with Gasteiger partial charge in [0.25, 0.3) is 0 Å². The fourth-order valence-electron chi connectivity index (χ4n) is 3.95. The number of nitrogens with one attached hydrogen (secondary N) is 1. The molecule has 5 rings (SSSR count). The predicted octanol–water partition coefficient (Wildman–Crippen LogP) is 3.76. The van der Waals surface area contributed by atoms with Crippen molar-refractivity contribution >= 4 is 29.2 Å². The number of hydrogen-bond acceptors (Lipinski definition) is 7. The lowest BCUT2D eigenvalue weighted by atomic mass is 10.2. The van der Waals surface area contributed by atoms with Crippen molar-refractivity contribution in [1.82, 2.24) is 19.1 Å². The second kappa shape index (κ2) is 10.3. The van der Waals surface area contributed by atoms with E-state index in [0.717, 1.165) is 10.1 Å². The van der Waals surface area contributed by atoms with Crippen molar-refractivity contribution in [2.45, 2.75) is 19.5 Å². The van der Waals surface area contributed by atoms with Crippen molar-refractivity contribution in [3.05, 3.63) is 104 Å². The Kier molecular flexibility index (Phi) is 6.74. The molecule has 0 saturated heterocycles. The topological polar surface area (TPSA) is 128 Å². The first kappa shape index (κ1) is 24.3. The lowest BCUT2D eigenvalue weighted by Crippen LogP contribution is -2.43. The van der Waals surface area contributed by atoms with E-state index >= 15 is 0 Å². The highest BCUT2D eigenvalue weighted by atomic mass is 35.5. The van der Waals surface area contributed by atoms with Crippen LogP contribution < -0.4 is 21.4 Å². The fourth-order valence-corrected chi connectivity index (χ4v) is 4.07. The van der Waals surface area contributed by atoms with Crippen LogP contribution in [-0.2, 0) is 17.9 Å². The Morgan fingerprint density at radius 2 is 1.81 bits per heavy atom. The summed E-state index contributed by atoms with van der Waals surface area (Å²) in [6, 6.07) is 19.2. The molecule has 1 fully saturated rings. The van der Waals surface area contributed by atoms with Gasteiger partial charge in [0.2, 0.25) is 11.8 Å². The SMILES string of the molecule is O=C(O)[C@@H]1C[C@H]1Cn1c(=O)nc(Nc2ccc(Oc3ccccn3)cc2)n(Cc2ccc(Cl)cc2)c1=O. The summed E-state index contributed by atoms with van der Waals surface area (Å²) < 4.78 is 8.05. The highest BCUT2D eigenvalue weighted by Crippen LogP contribution is 2.39. The number of pyridine rings is 1.